The van der Waals surface area contributed by atoms with Gasteiger partial charge in [0.25, 0.3) is 5.91 Å². The first kappa shape index (κ1) is 26.6. The molecule has 0 saturated heterocycles. The van der Waals surface area contributed by atoms with Gasteiger partial charge in [-0.05, 0) is 48.0 Å². The van der Waals surface area contributed by atoms with E-state index in [2.05, 4.69) is 26.2 Å². The molecule has 0 atom stereocenters. The molecule has 12 heteroatoms. The highest BCUT2D eigenvalue weighted by molar-refractivity contribution is 9.10. The molecule has 1 N–H and O–H groups in total. The molecule has 1 aromatic heterocycles. The summed E-state index contributed by atoms with van der Waals surface area (Å²) in [6.07, 6.45) is -3.54. The Hall–Kier alpha value is -2.66. The Morgan fingerprint density at radius 3 is 2.18 bits per heavy atom. The largest absolute Gasteiger partial charge is 0.465 e. The molecule has 0 fully saturated rings. The van der Waals surface area contributed by atoms with Crippen molar-refractivity contribution < 1.29 is 37.0 Å². The van der Waals surface area contributed by atoms with Crippen molar-refractivity contribution >= 4 is 45.4 Å². The summed E-state index contributed by atoms with van der Waals surface area (Å²) in [4.78, 5) is 42.8. The first-order chi connectivity index (χ1) is 15.5. The van der Waals surface area contributed by atoms with Gasteiger partial charge in [0.1, 0.15) is 0 Å². The lowest BCUT2D eigenvalue weighted by molar-refractivity contribution is -0.164. The van der Waals surface area contributed by atoms with Crippen molar-refractivity contribution in [3.05, 3.63) is 62.8 Å². The Bertz CT molecular complexity index is 1030. The lowest BCUT2D eigenvalue weighted by Gasteiger charge is -2.29. The number of nitrogens with one attached hydrogen (secondary N) is 1. The molecule has 2 rings (SSSR count). The van der Waals surface area contributed by atoms with Gasteiger partial charge in [-0.2, -0.15) is 13.2 Å². The quantitative estimate of drug-likeness (QED) is 0.388. The number of carbonyl (C=O) groups is 3. The van der Waals surface area contributed by atoms with Crippen molar-refractivity contribution in [1.82, 2.24) is 10.3 Å². The molecule has 178 valence electrons. The SMILES string of the molecule is CCOC(=O)C(CNC(=O)c1ccccc1C(F)(F)F)(C(=O)OCC)c1ncc(Br)cc1Cl. The fourth-order valence-corrected chi connectivity index (χ4v) is 3.77. The summed E-state index contributed by atoms with van der Waals surface area (Å²) in [7, 11) is 0. The van der Waals surface area contributed by atoms with Gasteiger partial charge in [-0.3, -0.25) is 19.4 Å². The Labute approximate surface area is 200 Å². The highest BCUT2D eigenvalue weighted by atomic mass is 79.9. The monoisotopic (exact) mass is 550 g/mol. The molecule has 0 unspecified atom stereocenters. The summed E-state index contributed by atoms with van der Waals surface area (Å²) in [6.45, 7) is 1.88. The minimum Gasteiger partial charge on any atom is -0.465 e. The first-order valence-electron chi connectivity index (χ1n) is 9.59. The van der Waals surface area contributed by atoms with Crippen LogP contribution < -0.4 is 5.32 Å². The predicted octanol–water partition coefficient (Wildman–Crippen LogP) is 4.31. The third kappa shape index (κ3) is 5.83. The van der Waals surface area contributed by atoms with Crippen molar-refractivity contribution in [2.45, 2.75) is 25.4 Å². The van der Waals surface area contributed by atoms with Gasteiger partial charge in [0, 0.05) is 10.7 Å². The molecule has 1 aromatic carbocycles. The summed E-state index contributed by atoms with van der Waals surface area (Å²) >= 11 is 9.41. The van der Waals surface area contributed by atoms with Crippen LogP contribution >= 0.6 is 27.5 Å². The Morgan fingerprint density at radius 2 is 1.67 bits per heavy atom. The minimum atomic E-state index is -4.80. The second kappa shape index (κ2) is 11.0. The molecule has 0 aliphatic rings. The maximum absolute atomic E-state index is 13.3. The molecule has 2 aromatic rings. The van der Waals surface area contributed by atoms with Crippen LogP contribution in [0.5, 0.6) is 0 Å². The lowest BCUT2D eigenvalue weighted by atomic mass is 9.83. The minimum absolute atomic E-state index is 0.129. The lowest BCUT2D eigenvalue weighted by Crippen LogP contribution is -2.54. The number of aromatic nitrogens is 1. The number of hydrogen-bond donors (Lipinski definition) is 1. The Morgan fingerprint density at radius 1 is 1.09 bits per heavy atom. The third-order valence-electron chi connectivity index (χ3n) is 4.45. The van der Waals surface area contributed by atoms with Crippen LogP contribution in [-0.4, -0.2) is 42.6 Å². The Kier molecular flexibility index (Phi) is 8.84. The van der Waals surface area contributed by atoms with E-state index in [1.165, 1.54) is 32.2 Å². The van der Waals surface area contributed by atoms with E-state index in [1.807, 2.05) is 0 Å². The molecule has 0 radical (unpaired) electrons. The van der Waals surface area contributed by atoms with E-state index in [0.717, 1.165) is 18.2 Å². The van der Waals surface area contributed by atoms with Gasteiger partial charge in [0.15, 0.2) is 0 Å². The van der Waals surface area contributed by atoms with Crippen molar-refractivity contribution in [3.8, 4) is 0 Å². The van der Waals surface area contributed by atoms with E-state index < -0.39 is 47.1 Å². The fraction of sp³-hybridized carbons (Fsp3) is 0.333. The van der Waals surface area contributed by atoms with Gasteiger partial charge in [-0.25, -0.2) is 0 Å². The maximum Gasteiger partial charge on any atom is 0.417 e. The summed E-state index contributed by atoms with van der Waals surface area (Å²) in [6, 6.07) is 5.46. The van der Waals surface area contributed by atoms with Crippen LogP contribution in [0.4, 0.5) is 13.2 Å². The first-order valence-corrected chi connectivity index (χ1v) is 10.8. The third-order valence-corrected chi connectivity index (χ3v) is 5.17. The number of alkyl halides is 3. The molecule has 7 nitrogen and oxygen atoms in total. The van der Waals surface area contributed by atoms with Gasteiger partial charge in [-0.1, -0.05) is 23.7 Å². The molecule has 0 spiro atoms. The van der Waals surface area contributed by atoms with Crippen LogP contribution in [0, 0.1) is 0 Å². The molecule has 1 heterocycles. The zero-order chi connectivity index (χ0) is 24.8. The summed E-state index contributed by atoms with van der Waals surface area (Å²) in [5.74, 6) is -3.44. The topological polar surface area (TPSA) is 94.6 Å². The van der Waals surface area contributed by atoms with Gasteiger partial charge < -0.3 is 14.8 Å². The second-order valence-electron chi connectivity index (χ2n) is 6.56. The highest BCUT2D eigenvalue weighted by Gasteiger charge is 2.53. The van der Waals surface area contributed by atoms with Crippen molar-refractivity contribution in [1.29, 1.82) is 0 Å². The molecular weight excluding hydrogens is 533 g/mol. The van der Waals surface area contributed by atoms with Gasteiger partial charge in [0.05, 0.1) is 41.6 Å². The van der Waals surface area contributed by atoms with Crippen molar-refractivity contribution in [2.75, 3.05) is 19.8 Å². The van der Waals surface area contributed by atoms with Crippen molar-refractivity contribution in [2.24, 2.45) is 0 Å². The number of hydrogen-bond acceptors (Lipinski definition) is 6. The van der Waals surface area contributed by atoms with E-state index >= 15 is 0 Å². The molecule has 0 aliphatic carbocycles. The van der Waals surface area contributed by atoms with Crippen LogP contribution in [0.2, 0.25) is 5.02 Å². The van der Waals surface area contributed by atoms with Gasteiger partial charge >= 0.3 is 18.1 Å². The van der Waals surface area contributed by atoms with Crippen LogP contribution in [0.15, 0.2) is 41.0 Å². The predicted molar refractivity (Wildman–Crippen MR) is 116 cm³/mol. The Balaban J connectivity index is 2.58. The number of ether oxygens (including phenoxy) is 2. The normalized spacial score (nSPS) is 11.6. The zero-order valence-corrected chi connectivity index (χ0v) is 19.8. The molecule has 0 saturated carbocycles. The molecule has 0 aliphatic heterocycles. The average Bonchev–Trinajstić information content (AvgIpc) is 2.74. The standard InChI is InChI=1S/C21H19BrClF3N2O5/c1-3-32-18(30)20(19(31)33-4-2,16-15(23)9-12(22)10-27-16)11-28-17(29)13-7-5-6-8-14(13)21(24,25)26/h5-10H,3-4,11H2,1-2H3,(H,28,29). The van der Waals surface area contributed by atoms with E-state index in [9.17, 15) is 27.6 Å². The number of nitrogens with zero attached hydrogens (tertiary/aromatic N) is 1. The molecular formula is C21H19BrClF3N2O5. The number of benzene rings is 1. The summed E-state index contributed by atoms with van der Waals surface area (Å²) in [5, 5.41) is 2.09. The summed E-state index contributed by atoms with van der Waals surface area (Å²) in [5.41, 5.74) is -4.53. The number of esters is 2. The van der Waals surface area contributed by atoms with Crippen LogP contribution in [0.25, 0.3) is 0 Å². The number of carbonyl (C=O) groups excluding carboxylic acids is 3. The van der Waals surface area contributed by atoms with E-state index in [-0.39, 0.29) is 23.9 Å². The molecule has 0 bridgehead atoms. The molecule has 1 amide bonds. The average molecular weight is 552 g/mol. The second-order valence-corrected chi connectivity index (χ2v) is 7.88. The van der Waals surface area contributed by atoms with Gasteiger partial charge in [0.2, 0.25) is 5.41 Å². The number of pyridine rings is 1. The molecule has 33 heavy (non-hydrogen) atoms. The van der Waals surface area contributed by atoms with Crippen LogP contribution in [0.3, 0.4) is 0 Å². The summed E-state index contributed by atoms with van der Waals surface area (Å²) < 4.78 is 50.5. The van der Waals surface area contributed by atoms with E-state index in [4.69, 9.17) is 21.1 Å². The van der Waals surface area contributed by atoms with Gasteiger partial charge in [-0.15, -0.1) is 0 Å². The van der Waals surface area contributed by atoms with E-state index in [0.29, 0.717) is 4.47 Å². The van der Waals surface area contributed by atoms with Crippen molar-refractivity contribution in [3.63, 3.8) is 0 Å². The van der Waals surface area contributed by atoms with E-state index in [1.54, 1.807) is 0 Å². The fourth-order valence-electron chi connectivity index (χ4n) is 2.98. The smallest absolute Gasteiger partial charge is 0.417 e. The maximum atomic E-state index is 13.3. The number of rotatable bonds is 8. The van der Waals surface area contributed by atoms with Crippen LogP contribution in [-0.2, 0) is 30.7 Å². The number of halogens is 5. The number of amides is 1. The van der Waals surface area contributed by atoms with Crippen LogP contribution in [0.1, 0.15) is 35.5 Å². The highest BCUT2D eigenvalue weighted by Crippen LogP contribution is 2.34. The zero-order valence-electron chi connectivity index (χ0n) is 17.5.